The summed E-state index contributed by atoms with van der Waals surface area (Å²) in [5, 5.41) is 3.29. The maximum atomic E-state index is 12.7. The zero-order valence-corrected chi connectivity index (χ0v) is 15.2. The fourth-order valence-electron chi connectivity index (χ4n) is 3.25. The first-order valence-electron chi connectivity index (χ1n) is 9.35. The maximum absolute atomic E-state index is 12.7. The zero-order valence-electron chi connectivity index (χ0n) is 15.2. The minimum atomic E-state index is -0.716. The van der Waals surface area contributed by atoms with E-state index in [0.29, 0.717) is 5.92 Å². The zero-order chi connectivity index (χ0) is 17.8. The van der Waals surface area contributed by atoms with Gasteiger partial charge in [0.1, 0.15) is 6.04 Å². The van der Waals surface area contributed by atoms with Gasteiger partial charge in [-0.25, -0.2) is 4.79 Å². The molecular formula is C20H28N2O3. The molecule has 5 heteroatoms. The molecule has 1 saturated heterocycles. The Morgan fingerprint density at radius 1 is 1.20 bits per heavy atom. The molecule has 1 heterocycles. The number of rotatable bonds is 7. The Labute approximate surface area is 149 Å². The first-order valence-corrected chi connectivity index (χ1v) is 9.35. The van der Waals surface area contributed by atoms with Crippen LogP contribution < -0.4 is 5.32 Å². The highest BCUT2D eigenvalue weighted by atomic mass is 16.5. The molecule has 1 aliphatic carbocycles. The fraction of sp³-hybridized carbons (Fsp3) is 0.600. The summed E-state index contributed by atoms with van der Waals surface area (Å²) in [6, 6.07) is 7.58. The van der Waals surface area contributed by atoms with E-state index >= 15 is 0 Å². The highest BCUT2D eigenvalue weighted by Gasteiger charge is 2.33. The quantitative estimate of drug-likeness (QED) is 0.772. The molecule has 1 saturated carbocycles. The average molecular weight is 344 g/mol. The molecule has 1 N–H and O–H groups in total. The average Bonchev–Trinajstić information content (AvgIpc) is 3.24. The van der Waals surface area contributed by atoms with E-state index < -0.39 is 12.1 Å². The topological polar surface area (TPSA) is 58.6 Å². The van der Waals surface area contributed by atoms with Crippen molar-refractivity contribution in [2.24, 2.45) is 5.92 Å². The first kappa shape index (κ1) is 17.8. The summed E-state index contributed by atoms with van der Waals surface area (Å²) in [7, 11) is 0. The molecular weight excluding hydrogens is 316 g/mol. The van der Waals surface area contributed by atoms with Crippen LogP contribution in [0.3, 0.4) is 0 Å². The molecule has 3 rings (SSSR count). The minimum Gasteiger partial charge on any atom is -0.451 e. The monoisotopic (exact) mass is 344 g/mol. The number of hydrogen-bond acceptors (Lipinski definition) is 4. The molecule has 2 atom stereocenters. The number of hydrogen-bond donors (Lipinski definition) is 1. The van der Waals surface area contributed by atoms with Gasteiger partial charge in [-0.3, -0.25) is 4.79 Å². The normalized spacial score (nSPS) is 19.4. The minimum absolute atomic E-state index is 0.0774. The van der Waals surface area contributed by atoms with Crippen molar-refractivity contribution in [1.29, 1.82) is 0 Å². The summed E-state index contributed by atoms with van der Waals surface area (Å²) in [6.07, 6.45) is 4.45. The number of esters is 1. The van der Waals surface area contributed by atoms with Crippen LogP contribution >= 0.6 is 0 Å². The molecule has 2 fully saturated rings. The predicted octanol–water partition coefficient (Wildman–Crippen LogP) is 3.13. The summed E-state index contributed by atoms with van der Waals surface area (Å²) in [4.78, 5) is 26.8. The van der Waals surface area contributed by atoms with Crippen LogP contribution in [-0.2, 0) is 14.3 Å². The van der Waals surface area contributed by atoms with Crippen LogP contribution in [0.5, 0.6) is 0 Å². The van der Waals surface area contributed by atoms with E-state index in [0.717, 1.165) is 38.0 Å². The second kappa shape index (κ2) is 7.89. The van der Waals surface area contributed by atoms with E-state index in [4.69, 9.17) is 4.74 Å². The van der Waals surface area contributed by atoms with E-state index in [2.05, 4.69) is 5.32 Å². The van der Waals surface area contributed by atoms with Crippen LogP contribution in [0, 0.1) is 12.8 Å². The van der Waals surface area contributed by atoms with Crippen LogP contribution in [0.15, 0.2) is 24.3 Å². The predicted molar refractivity (Wildman–Crippen MR) is 97.3 cm³/mol. The van der Waals surface area contributed by atoms with Gasteiger partial charge in [-0.15, -0.1) is 0 Å². The number of nitrogens with zero attached hydrogens (tertiary/aromatic N) is 1. The SMILES string of the molecule is Cc1ccc(N[C@H](CC2CC2)C(=O)O[C@@H](C)C(=O)N2CCCC2)cc1. The van der Waals surface area contributed by atoms with E-state index in [1.165, 1.54) is 18.4 Å². The highest BCUT2D eigenvalue weighted by molar-refractivity contribution is 5.86. The molecule has 0 radical (unpaired) electrons. The van der Waals surface area contributed by atoms with Crippen molar-refractivity contribution in [3.05, 3.63) is 29.8 Å². The van der Waals surface area contributed by atoms with Crippen molar-refractivity contribution in [2.45, 2.75) is 58.1 Å². The van der Waals surface area contributed by atoms with Crippen molar-refractivity contribution in [3.63, 3.8) is 0 Å². The largest absolute Gasteiger partial charge is 0.451 e. The lowest BCUT2D eigenvalue weighted by Gasteiger charge is -2.24. The molecule has 0 bridgehead atoms. The summed E-state index contributed by atoms with van der Waals surface area (Å²) >= 11 is 0. The molecule has 5 nitrogen and oxygen atoms in total. The third-order valence-electron chi connectivity index (χ3n) is 5.00. The molecule has 1 aromatic carbocycles. The van der Waals surface area contributed by atoms with E-state index in [1.807, 2.05) is 31.2 Å². The Morgan fingerprint density at radius 3 is 2.44 bits per heavy atom. The van der Waals surface area contributed by atoms with Crippen LogP contribution in [0.25, 0.3) is 0 Å². The van der Waals surface area contributed by atoms with Gasteiger partial charge >= 0.3 is 5.97 Å². The van der Waals surface area contributed by atoms with Crippen molar-refractivity contribution in [2.75, 3.05) is 18.4 Å². The van der Waals surface area contributed by atoms with Gasteiger partial charge in [0.2, 0.25) is 0 Å². The second-order valence-electron chi connectivity index (χ2n) is 7.35. The van der Waals surface area contributed by atoms with Gasteiger partial charge in [0.05, 0.1) is 0 Å². The fourth-order valence-corrected chi connectivity index (χ4v) is 3.25. The summed E-state index contributed by atoms with van der Waals surface area (Å²) < 4.78 is 5.52. The molecule has 2 aliphatic rings. The van der Waals surface area contributed by atoms with Crippen LogP contribution in [0.2, 0.25) is 0 Å². The number of likely N-dealkylation sites (tertiary alicyclic amines) is 1. The Kier molecular flexibility index (Phi) is 5.61. The van der Waals surface area contributed by atoms with Gasteiger partial charge in [-0.2, -0.15) is 0 Å². The Morgan fingerprint density at radius 2 is 1.84 bits per heavy atom. The maximum Gasteiger partial charge on any atom is 0.329 e. The number of carbonyl (C=O) groups is 2. The Hall–Kier alpha value is -2.04. The number of ether oxygens (including phenoxy) is 1. The number of amides is 1. The smallest absolute Gasteiger partial charge is 0.329 e. The molecule has 1 aromatic rings. The summed E-state index contributed by atoms with van der Waals surface area (Å²) in [6.45, 7) is 5.26. The van der Waals surface area contributed by atoms with E-state index in [9.17, 15) is 9.59 Å². The number of benzene rings is 1. The van der Waals surface area contributed by atoms with Gasteiger partial charge in [-0.1, -0.05) is 30.5 Å². The van der Waals surface area contributed by atoms with E-state index in [-0.39, 0.29) is 11.9 Å². The Bertz CT molecular complexity index is 604. The lowest BCUT2D eigenvalue weighted by molar-refractivity contribution is -0.159. The third kappa shape index (κ3) is 4.97. The van der Waals surface area contributed by atoms with Gasteiger partial charge in [0.25, 0.3) is 5.91 Å². The highest BCUT2D eigenvalue weighted by Crippen LogP contribution is 2.34. The Balaban J connectivity index is 1.59. The van der Waals surface area contributed by atoms with Crippen LogP contribution in [0.1, 0.15) is 44.6 Å². The van der Waals surface area contributed by atoms with Gasteiger partial charge in [0.15, 0.2) is 6.10 Å². The van der Waals surface area contributed by atoms with E-state index in [1.54, 1.807) is 11.8 Å². The molecule has 25 heavy (non-hydrogen) atoms. The number of anilines is 1. The molecule has 136 valence electrons. The molecule has 1 amide bonds. The van der Waals surface area contributed by atoms with Crippen LogP contribution in [-0.4, -0.2) is 42.0 Å². The molecule has 0 unspecified atom stereocenters. The molecule has 1 aliphatic heterocycles. The van der Waals surface area contributed by atoms with Crippen molar-refractivity contribution in [1.82, 2.24) is 4.90 Å². The first-order chi connectivity index (χ1) is 12.0. The second-order valence-corrected chi connectivity index (χ2v) is 7.35. The van der Waals surface area contributed by atoms with Gasteiger partial charge in [0, 0.05) is 18.8 Å². The van der Waals surface area contributed by atoms with Gasteiger partial charge in [-0.05, 0) is 51.2 Å². The van der Waals surface area contributed by atoms with Crippen molar-refractivity contribution >= 4 is 17.6 Å². The summed E-state index contributed by atoms with van der Waals surface area (Å²) in [5.74, 6) is 0.180. The number of aryl methyl sites for hydroxylation is 1. The molecule has 0 aromatic heterocycles. The summed E-state index contributed by atoms with van der Waals surface area (Å²) in [5.41, 5.74) is 2.09. The van der Waals surface area contributed by atoms with Crippen molar-refractivity contribution in [3.8, 4) is 0 Å². The standard InChI is InChI=1S/C20H28N2O3/c1-14-5-9-17(10-6-14)21-18(13-16-7-8-16)20(24)25-15(2)19(23)22-11-3-4-12-22/h5-6,9-10,15-16,18,21H,3-4,7-8,11-13H2,1-2H3/t15-,18+/m0/s1. The third-order valence-corrected chi connectivity index (χ3v) is 5.00. The molecule has 0 spiro atoms. The van der Waals surface area contributed by atoms with Crippen molar-refractivity contribution < 1.29 is 14.3 Å². The lowest BCUT2D eigenvalue weighted by Crippen LogP contribution is -2.41. The lowest BCUT2D eigenvalue weighted by atomic mass is 10.1. The van der Waals surface area contributed by atoms with Gasteiger partial charge < -0.3 is 15.0 Å². The number of nitrogens with one attached hydrogen (secondary N) is 1. The number of carbonyl (C=O) groups excluding carboxylic acids is 2. The van der Waals surface area contributed by atoms with Crippen LogP contribution in [0.4, 0.5) is 5.69 Å².